The second-order valence-electron chi connectivity index (χ2n) is 9.63. The number of halogens is 1. The predicted octanol–water partition coefficient (Wildman–Crippen LogP) is 6.82. The number of fused-ring (bicyclic) bond motifs is 4. The fourth-order valence-electron chi connectivity index (χ4n) is 5.26. The van der Waals surface area contributed by atoms with E-state index >= 15 is 0 Å². The monoisotopic (exact) mass is 513 g/mol. The average Bonchev–Trinajstić information content (AvgIpc) is 3.29. The van der Waals surface area contributed by atoms with Crippen LogP contribution in [0.4, 0.5) is 27.3 Å². The minimum atomic E-state index is -0.323. The van der Waals surface area contributed by atoms with Gasteiger partial charge in [0.25, 0.3) is 0 Å². The smallest absolute Gasteiger partial charge is 0.179 e. The lowest BCUT2D eigenvalue weighted by Gasteiger charge is -2.40. The molecule has 2 aliphatic heterocycles. The molecule has 0 unspecified atom stereocenters. The SMILES string of the molecule is Cc1cccc(NC2=Nc3ccccc3N3C2=Nc2c(c(C)nn2-c2ccccn2)[C@@H]3c2ccc(F)cc2)c1. The maximum atomic E-state index is 14.1. The zero-order valence-corrected chi connectivity index (χ0v) is 21.4. The van der Waals surface area contributed by atoms with E-state index in [2.05, 4.69) is 34.3 Å². The number of anilines is 2. The van der Waals surface area contributed by atoms with Gasteiger partial charge in [-0.1, -0.05) is 42.5 Å². The van der Waals surface area contributed by atoms with Crippen molar-refractivity contribution in [2.24, 2.45) is 9.98 Å². The van der Waals surface area contributed by atoms with E-state index in [1.807, 2.05) is 73.7 Å². The number of hydrogen-bond acceptors (Lipinski definition) is 6. The minimum absolute atomic E-state index is 0.285. The van der Waals surface area contributed by atoms with Crippen LogP contribution in [0.25, 0.3) is 5.82 Å². The molecule has 1 atom stereocenters. The molecule has 8 heteroatoms. The quantitative estimate of drug-likeness (QED) is 0.287. The third-order valence-electron chi connectivity index (χ3n) is 6.97. The number of aryl methyl sites for hydroxylation is 2. The highest BCUT2D eigenvalue weighted by Gasteiger charge is 2.41. The molecule has 0 spiro atoms. The summed E-state index contributed by atoms with van der Waals surface area (Å²) in [4.78, 5) is 16.9. The number of aliphatic imine (C=N–C) groups is 2. The fourth-order valence-corrected chi connectivity index (χ4v) is 5.26. The molecule has 0 fully saturated rings. The average molecular weight is 514 g/mol. The van der Waals surface area contributed by atoms with Gasteiger partial charge in [0.2, 0.25) is 0 Å². The Balaban J connectivity index is 1.50. The molecule has 7 nitrogen and oxygen atoms in total. The molecule has 0 radical (unpaired) electrons. The number of para-hydroxylation sites is 2. The summed E-state index contributed by atoms with van der Waals surface area (Å²) in [6.45, 7) is 4.03. The molecular formula is C31H24FN7. The first-order valence-corrected chi connectivity index (χ1v) is 12.7. The van der Waals surface area contributed by atoms with Gasteiger partial charge in [-0.2, -0.15) is 9.78 Å². The minimum Gasteiger partial charge on any atom is -0.337 e. The largest absolute Gasteiger partial charge is 0.337 e. The molecule has 7 rings (SSSR count). The van der Waals surface area contributed by atoms with Gasteiger partial charge >= 0.3 is 0 Å². The Bertz CT molecular complexity index is 1770. The van der Waals surface area contributed by atoms with Crippen molar-refractivity contribution in [2.45, 2.75) is 19.9 Å². The van der Waals surface area contributed by atoms with Crippen LogP contribution in [0.15, 0.2) is 107 Å². The summed E-state index contributed by atoms with van der Waals surface area (Å²) in [6.07, 6.45) is 1.74. The normalized spacial score (nSPS) is 15.6. The van der Waals surface area contributed by atoms with Gasteiger partial charge in [0.1, 0.15) is 5.82 Å². The van der Waals surface area contributed by atoms with E-state index in [1.165, 1.54) is 12.1 Å². The first-order chi connectivity index (χ1) is 19.1. The molecule has 0 saturated carbocycles. The molecule has 2 aliphatic rings. The maximum Gasteiger partial charge on any atom is 0.179 e. The number of benzene rings is 3. The van der Waals surface area contributed by atoms with E-state index < -0.39 is 0 Å². The van der Waals surface area contributed by atoms with Crippen molar-refractivity contribution in [2.75, 3.05) is 10.2 Å². The lowest BCUT2D eigenvalue weighted by molar-refractivity contribution is 0.626. The molecule has 0 aliphatic carbocycles. The molecule has 0 amide bonds. The van der Waals surface area contributed by atoms with E-state index in [-0.39, 0.29) is 11.9 Å². The predicted molar refractivity (Wildman–Crippen MR) is 152 cm³/mol. The van der Waals surface area contributed by atoms with Gasteiger partial charge in [0, 0.05) is 17.4 Å². The number of nitrogens with zero attached hydrogens (tertiary/aromatic N) is 6. The van der Waals surface area contributed by atoms with Crippen LogP contribution >= 0.6 is 0 Å². The molecule has 1 N–H and O–H groups in total. The van der Waals surface area contributed by atoms with Crippen molar-refractivity contribution in [1.82, 2.24) is 14.8 Å². The summed E-state index contributed by atoms with van der Waals surface area (Å²) in [7, 11) is 0. The lowest BCUT2D eigenvalue weighted by atomic mass is 9.93. The number of amidine groups is 2. The topological polar surface area (TPSA) is 70.7 Å². The van der Waals surface area contributed by atoms with Crippen LogP contribution in [0.1, 0.15) is 28.4 Å². The summed E-state index contributed by atoms with van der Waals surface area (Å²) < 4.78 is 15.8. The van der Waals surface area contributed by atoms with E-state index in [4.69, 9.17) is 15.1 Å². The van der Waals surface area contributed by atoms with Gasteiger partial charge in [-0.05, 0) is 73.5 Å². The summed E-state index contributed by atoms with van der Waals surface area (Å²) in [5.74, 6) is 2.31. The van der Waals surface area contributed by atoms with Gasteiger partial charge < -0.3 is 10.2 Å². The summed E-state index contributed by atoms with van der Waals surface area (Å²) in [5.41, 5.74) is 6.45. The Morgan fingerprint density at radius 3 is 2.46 bits per heavy atom. The molecule has 4 heterocycles. The fraction of sp³-hybridized carbons (Fsp3) is 0.0968. The Morgan fingerprint density at radius 1 is 0.846 bits per heavy atom. The zero-order valence-electron chi connectivity index (χ0n) is 21.4. The van der Waals surface area contributed by atoms with Crippen LogP contribution < -0.4 is 10.2 Å². The molecule has 190 valence electrons. The van der Waals surface area contributed by atoms with Gasteiger partial charge in [-0.25, -0.2) is 19.4 Å². The van der Waals surface area contributed by atoms with E-state index in [9.17, 15) is 4.39 Å². The van der Waals surface area contributed by atoms with Crippen molar-refractivity contribution in [3.8, 4) is 5.82 Å². The zero-order chi connectivity index (χ0) is 26.5. The first kappa shape index (κ1) is 23.0. The van der Waals surface area contributed by atoms with Crippen molar-refractivity contribution in [3.63, 3.8) is 0 Å². The molecule has 0 bridgehead atoms. The third-order valence-corrected chi connectivity index (χ3v) is 6.97. The molecular weight excluding hydrogens is 489 g/mol. The second-order valence-corrected chi connectivity index (χ2v) is 9.63. The highest BCUT2D eigenvalue weighted by atomic mass is 19.1. The second kappa shape index (κ2) is 9.02. The molecule has 5 aromatic rings. The highest BCUT2D eigenvalue weighted by molar-refractivity contribution is 6.51. The molecule has 39 heavy (non-hydrogen) atoms. The summed E-state index contributed by atoms with van der Waals surface area (Å²) in [5, 5.41) is 8.39. The van der Waals surface area contributed by atoms with Crippen molar-refractivity contribution < 1.29 is 4.39 Å². The van der Waals surface area contributed by atoms with Crippen LogP contribution in [0.2, 0.25) is 0 Å². The van der Waals surface area contributed by atoms with Crippen LogP contribution in [0, 0.1) is 19.7 Å². The van der Waals surface area contributed by atoms with Gasteiger partial charge in [0.05, 0.1) is 23.1 Å². The number of nitrogens with one attached hydrogen (secondary N) is 1. The number of aromatic nitrogens is 3. The Hall–Kier alpha value is -5.11. The van der Waals surface area contributed by atoms with E-state index in [1.54, 1.807) is 10.9 Å². The van der Waals surface area contributed by atoms with Crippen molar-refractivity contribution in [1.29, 1.82) is 0 Å². The molecule has 2 aromatic heterocycles. The van der Waals surface area contributed by atoms with Crippen LogP contribution in [-0.4, -0.2) is 26.4 Å². The Morgan fingerprint density at radius 2 is 1.67 bits per heavy atom. The number of rotatable bonds is 3. The summed E-state index contributed by atoms with van der Waals surface area (Å²) >= 11 is 0. The van der Waals surface area contributed by atoms with Crippen LogP contribution in [0.5, 0.6) is 0 Å². The van der Waals surface area contributed by atoms with Crippen molar-refractivity contribution in [3.05, 3.63) is 125 Å². The van der Waals surface area contributed by atoms with Crippen molar-refractivity contribution >= 4 is 34.6 Å². The Kier molecular flexibility index (Phi) is 5.33. The number of pyridine rings is 1. The van der Waals surface area contributed by atoms with Gasteiger partial charge in [-0.3, -0.25) is 0 Å². The molecule has 3 aromatic carbocycles. The van der Waals surface area contributed by atoms with Gasteiger partial charge in [0.15, 0.2) is 23.3 Å². The van der Waals surface area contributed by atoms with E-state index in [0.717, 1.165) is 39.4 Å². The number of hydrogen-bond donors (Lipinski definition) is 1. The van der Waals surface area contributed by atoms with Gasteiger partial charge in [-0.15, -0.1) is 0 Å². The standard InChI is InChI=1S/C31H24FN7/c1-19-8-7-9-23(18-19)34-29-31-36-30-27(20(2)37-39(30)26-12-5-6-17-33-26)28(21-13-15-22(32)16-14-21)38(31)25-11-4-3-10-24(25)35-29/h3-18,28H,1-2H3,(H,34,35)/t28-/m0/s1. The third kappa shape index (κ3) is 3.88. The maximum absolute atomic E-state index is 14.1. The first-order valence-electron chi connectivity index (χ1n) is 12.7. The highest BCUT2D eigenvalue weighted by Crippen LogP contribution is 2.48. The Labute approximate surface area is 225 Å². The van der Waals surface area contributed by atoms with Crippen LogP contribution in [0.3, 0.4) is 0 Å². The summed E-state index contributed by atoms with van der Waals surface area (Å²) in [6, 6.07) is 28.2. The molecule has 0 saturated heterocycles. The van der Waals surface area contributed by atoms with Crippen LogP contribution in [-0.2, 0) is 0 Å². The van der Waals surface area contributed by atoms with E-state index in [0.29, 0.717) is 23.3 Å². The lowest BCUT2D eigenvalue weighted by Crippen LogP contribution is -2.46.